The number of carbonyl (C=O) groups is 3. The van der Waals surface area contributed by atoms with Gasteiger partial charge in [0, 0.05) is 18.5 Å². The lowest BCUT2D eigenvalue weighted by Gasteiger charge is -2.24. The second kappa shape index (κ2) is 14.9. The lowest BCUT2D eigenvalue weighted by Crippen LogP contribution is -2.54. The smallest absolute Gasteiger partial charge is 0.404 e. The highest BCUT2D eigenvalue weighted by Gasteiger charge is 2.28. The number of phosphoric acid groups is 1. The van der Waals surface area contributed by atoms with Crippen molar-refractivity contribution < 1.29 is 33.3 Å². The quantitative estimate of drug-likeness (QED) is 0.188. The van der Waals surface area contributed by atoms with E-state index in [1.54, 1.807) is 0 Å². The molecule has 3 amide bonds. The zero-order valence-corrected chi connectivity index (χ0v) is 24.1. The van der Waals surface area contributed by atoms with E-state index in [1.807, 2.05) is 50.2 Å². The number of nitriles is 1. The molecule has 0 fully saturated rings. The highest BCUT2D eigenvalue weighted by Crippen LogP contribution is 2.37. The molecule has 0 saturated carbocycles. The predicted octanol–water partition coefficient (Wildman–Crippen LogP) is 3.22. The SMILES string of the molecule is CC(C)C[C@H](NC(=O)[C@H](Cc1ccc(OP(=O)(O)O)cc1)NC(=O)c1ccc(C#N)cc1)C(=O)NCc1ccccc1. The van der Waals surface area contributed by atoms with Crippen molar-refractivity contribution in [1.29, 1.82) is 5.26 Å². The van der Waals surface area contributed by atoms with Gasteiger partial charge < -0.3 is 20.5 Å². The monoisotopic (exact) mass is 592 g/mol. The molecule has 0 heterocycles. The fraction of sp³-hybridized carbons (Fsp3) is 0.267. The van der Waals surface area contributed by atoms with Gasteiger partial charge in [-0.25, -0.2) is 4.57 Å². The Bertz CT molecular complexity index is 1450. The molecule has 0 aliphatic heterocycles. The van der Waals surface area contributed by atoms with Crippen molar-refractivity contribution in [3.05, 3.63) is 101 Å². The standard InChI is InChI=1S/C30H33N4O7P/c1-20(2)16-26(29(36)32-19-23-6-4-3-5-7-23)34-30(37)27(33-28(35)24-12-8-22(18-31)9-13-24)17-21-10-14-25(15-11-21)41-42(38,39)40/h3-15,20,26-27H,16-17,19H2,1-2H3,(H,32,36)(H,33,35)(H,34,37)(H2,38,39,40)/t26-,27-/m0/s1. The van der Waals surface area contributed by atoms with Crippen molar-refractivity contribution in [3.63, 3.8) is 0 Å². The summed E-state index contributed by atoms with van der Waals surface area (Å²) in [6, 6.07) is 21.0. The summed E-state index contributed by atoms with van der Waals surface area (Å²) in [5.74, 6) is -1.51. The van der Waals surface area contributed by atoms with Gasteiger partial charge in [-0.05, 0) is 59.9 Å². The predicted molar refractivity (Wildman–Crippen MR) is 155 cm³/mol. The van der Waals surface area contributed by atoms with E-state index in [0.717, 1.165) is 5.56 Å². The number of nitrogens with zero attached hydrogens (tertiary/aromatic N) is 1. The molecule has 0 saturated heterocycles. The lowest BCUT2D eigenvalue weighted by molar-refractivity contribution is -0.130. The third kappa shape index (κ3) is 10.5. The van der Waals surface area contributed by atoms with E-state index in [2.05, 4.69) is 20.5 Å². The number of hydrogen-bond acceptors (Lipinski definition) is 6. The number of carbonyl (C=O) groups excluding carboxylic acids is 3. The summed E-state index contributed by atoms with van der Waals surface area (Å²) in [7, 11) is -4.75. The Hall–Kier alpha value is -4.49. The normalized spacial score (nSPS) is 12.5. The fourth-order valence-corrected chi connectivity index (χ4v) is 4.49. The Balaban J connectivity index is 1.80. The molecular formula is C30H33N4O7P. The first kappa shape index (κ1) is 32.0. The number of amides is 3. The highest BCUT2D eigenvalue weighted by molar-refractivity contribution is 7.46. The minimum absolute atomic E-state index is 0.00404. The van der Waals surface area contributed by atoms with Crippen molar-refractivity contribution in [2.24, 2.45) is 5.92 Å². The van der Waals surface area contributed by atoms with Crippen LogP contribution < -0.4 is 20.5 Å². The molecule has 3 aromatic rings. The molecule has 0 unspecified atom stereocenters. The fourth-order valence-electron chi connectivity index (χ4n) is 4.09. The largest absolute Gasteiger partial charge is 0.524 e. The molecule has 5 N–H and O–H groups in total. The van der Waals surface area contributed by atoms with E-state index in [-0.39, 0.29) is 36.1 Å². The van der Waals surface area contributed by atoms with Crippen LogP contribution in [0.4, 0.5) is 0 Å². The van der Waals surface area contributed by atoms with Crippen LogP contribution in [-0.2, 0) is 27.1 Å². The van der Waals surface area contributed by atoms with Crippen LogP contribution in [0.2, 0.25) is 0 Å². The van der Waals surface area contributed by atoms with Crippen molar-refractivity contribution in [3.8, 4) is 11.8 Å². The van der Waals surface area contributed by atoms with Gasteiger partial charge in [-0.15, -0.1) is 0 Å². The minimum Gasteiger partial charge on any atom is -0.404 e. The number of rotatable bonds is 13. The van der Waals surface area contributed by atoms with Crippen molar-refractivity contribution >= 4 is 25.5 Å². The molecule has 11 nitrogen and oxygen atoms in total. The molecule has 0 aliphatic rings. The number of hydrogen-bond donors (Lipinski definition) is 5. The van der Waals surface area contributed by atoms with Crippen LogP contribution in [0.5, 0.6) is 5.75 Å². The summed E-state index contributed by atoms with van der Waals surface area (Å²) in [6.45, 7) is 4.14. The lowest BCUT2D eigenvalue weighted by atomic mass is 10.0. The molecular weight excluding hydrogens is 559 g/mol. The van der Waals surface area contributed by atoms with E-state index in [4.69, 9.17) is 15.0 Å². The zero-order chi connectivity index (χ0) is 30.7. The molecule has 0 spiro atoms. The minimum atomic E-state index is -4.75. The molecule has 2 atom stereocenters. The third-order valence-electron chi connectivity index (χ3n) is 6.14. The third-order valence-corrected chi connectivity index (χ3v) is 6.58. The van der Waals surface area contributed by atoms with Gasteiger partial charge in [-0.2, -0.15) is 5.26 Å². The maximum absolute atomic E-state index is 13.6. The topological polar surface area (TPSA) is 178 Å². The van der Waals surface area contributed by atoms with E-state index in [1.165, 1.54) is 48.5 Å². The Morgan fingerprint density at radius 1 is 0.857 bits per heavy atom. The first-order valence-corrected chi connectivity index (χ1v) is 14.7. The van der Waals surface area contributed by atoms with Crippen LogP contribution in [0, 0.1) is 17.2 Å². The van der Waals surface area contributed by atoms with Crippen LogP contribution in [0.25, 0.3) is 0 Å². The number of phosphoric ester groups is 1. The molecule has 0 bridgehead atoms. The van der Waals surface area contributed by atoms with Crippen LogP contribution in [0.3, 0.4) is 0 Å². The van der Waals surface area contributed by atoms with Gasteiger partial charge in [0.25, 0.3) is 5.91 Å². The molecule has 3 rings (SSSR count). The van der Waals surface area contributed by atoms with Crippen LogP contribution in [0.15, 0.2) is 78.9 Å². The molecule has 220 valence electrons. The maximum atomic E-state index is 13.6. The summed E-state index contributed by atoms with van der Waals surface area (Å²) in [4.78, 5) is 57.8. The molecule has 42 heavy (non-hydrogen) atoms. The molecule has 0 aromatic heterocycles. The average Bonchev–Trinajstić information content (AvgIpc) is 2.95. The van der Waals surface area contributed by atoms with Crippen LogP contribution >= 0.6 is 7.82 Å². The van der Waals surface area contributed by atoms with Gasteiger partial charge in [0.2, 0.25) is 11.8 Å². The zero-order valence-electron chi connectivity index (χ0n) is 23.2. The summed E-state index contributed by atoms with van der Waals surface area (Å²) in [5, 5.41) is 17.4. The second-order valence-corrected chi connectivity index (χ2v) is 11.2. The summed E-state index contributed by atoms with van der Waals surface area (Å²) in [5.41, 5.74) is 2.06. The van der Waals surface area contributed by atoms with Crippen molar-refractivity contribution in [2.75, 3.05) is 0 Å². The number of benzene rings is 3. The van der Waals surface area contributed by atoms with Crippen LogP contribution in [0.1, 0.15) is 47.3 Å². The van der Waals surface area contributed by atoms with E-state index in [9.17, 15) is 18.9 Å². The Morgan fingerprint density at radius 2 is 1.50 bits per heavy atom. The molecule has 3 aromatic carbocycles. The van der Waals surface area contributed by atoms with Gasteiger partial charge in [0.15, 0.2) is 0 Å². The van der Waals surface area contributed by atoms with E-state index in [0.29, 0.717) is 17.5 Å². The molecule has 0 radical (unpaired) electrons. The van der Waals surface area contributed by atoms with Crippen LogP contribution in [-0.4, -0.2) is 39.6 Å². The maximum Gasteiger partial charge on any atom is 0.524 e. The first-order chi connectivity index (χ1) is 19.9. The molecule has 12 heteroatoms. The number of nitrogens with one attached hydrogen (secondary N) is 3. The summed E-state index contributed by atoms with van der Waals surface area (Å²) >= 11 is 0. The van der Waals surface area contributed by atoms with Gasteiger partial charge in [0.1, 0.15) is 17.8 Å². The van der Waals surface area contributed by atoms with Crippen molar-refractivity contribution in [1.82, 2.24) is 16.0 Å². The van der Waals surface area contributed by atoms with Gasteiger partial charge >= 0.3 is 7.82 Å². The Labute approximate surface area is 244 Å². The Kier molecular flexibility index (Phi) is 11.4. The van der Waals surface area contributed by atoms with Gasteiger partial charge in [-0.3, -0.25) is 24.2 Å². The van der Waals surface area contributed by atoms with Crippen molar-refractivity contribution in [2.45, 2.75) is 45.3 Å². The second-order valence-electron chi connectivity index (χ2n) is 10.0. The molecule has 0 aliphatic carbocycles. The highest BCUT2D eigenvalue weighted by atomic mass is 31.2. The van der Waals surface area contributed by atoms with E-state index >= 15 is 0 Å². The summed E-state index contributed by atoms with van der Waals surface area (Å²) in [6.07, 6.45) is 0.362. The average molecular weight is 593 g/mol. The first-order valence-electron chi connectivity index (χ1n) is 13.2. The Morgan fingerprint density at radius 3 is 2.07 bits per heavy atom. The van der Waals surface area contributed by atoms with Gasteiger partial charge in [0.05, 0.1) is 11.6 Å². The van der Waals surface area contributed by atoms with Gasteiger partial charge in [-0.1, -0.05) is 56.3 Å². The van der Waals surface area contributed by atoms with E-state index < -0.39 is 31.7 Å². The summed E-state index contributed by atoms with van der Waals surface area (Å²) < 4.78 is 15.7.